The number of hydroxylamine groups is 1. The van der Waals surface area contributed by atoms with Crippen LogP contribution < -0.4 is 10.8 Å². The minimum atomic E-state index is -0.123. The van der Waals surface area contributed by atoms with Crippen molar-refractivity contribution in [3.63, 3.8) is 0 Å². The highest BCUT2D eigenvalue weighted by Crippen LogP contribution is 2.21. The van der Waals surface area contributed by atoms with Crippen molar-refractivity contribution in [2.75, 3.05) is 0 Å². The van der Waals surface area contributed by atoms with Gasteiger partial charge in [-0.25, -0.2) is 10.3 Å². The van der Waals surface area contributed by atoms with Crippen molar-refractivity contribution >= 4 is 17.4 Å². The molecule has 1 aliphatic rings. The molecule has 1 aromatic heterocycles. The van der Waals surface area contributed by atoms with Gasteiger partial charge in [0.1, 0.15) is 5.82 Å². The largest absolute Gasteiger partial charge is 0.339 e. The third kappa shape index (κ3) is 2.33. The lowest BCUT2D eigenvalue weighted by molar-refractivity contribution is 0.0317. The van der Waals surface area contributed by atoms with E-state index < -0.39 is 0 Å². The first-order valence-corrected chi connectivity index (χ1v) is 6.28. The monoisotopic (exact) mass is 244 g/mol. The average Bonchev–Trinajstić information content (AvgIpc) is 3.02. The summed E-state index contributed by atoms with van der Waals surface area (Å²) in [5, 5.41) is 5.33. The van der Waals surface area contributed by atoms with Gasteiger partial charge in [-0.3, -0.25) is 0 Å². The van der Waals surface area contributed by atoms with Crippen molar-refractivity contribution in [2.24, 2.45) is 0 Å². The van der Waals surface area contributed by atoms with Gasteiger partial charge in [-0.1, -0.05) is 36.4 Å². The third-order valence-electron chi connectivity index (χ3n) is 2.51. The Labute approximate surface area is 104 Å². The zero-order valence-corrected chi connectivity index (χ0v) is 9.91. The maximum absolute atomic E-state index is 5.48. The molecule has 0 saturated carbocycles. The lowest BCUT2D eigenvalue weighted by Crippen LogP contribution is -2.12. The van der Waals surface area contributed by atoms with Gasteiger partial charge < -0.3 is 5.32 Å². The molecule has 2 N–H and O–H groups in total. The Morgan fingerprint density at radius 2 is 2.00 bits per heavy atom. The van der Waals surface area contributed by atoms with E-state index in [1.807, 2.05) is 42.5 Å². The van der Waals surface area contributed by atoms with Crippen molar-refractivity contribution in [1.29, 1.82) is 0 Å². The van der Waals surface area contributed by atoms with Crippen LogP contribution in [-0.4, -0.2) is 0 Å². The Hall–Kier alpha value is -1.78. The van der Waals surface area contributed by atoms with Gasteiger partial charge >= 0.3 is 0 Å². The zero-order valence-electron chi connectivity index (χ0n) is 9.09. The maximum atomic E-state index is 5.48. The Balaban J connectivity index is 1.74. The van der Waals surface area contributed by atoms with Crippen molar-refractivity contribution in [1.82, 2.24) is 10.8 Å². The summed E-state index contributed by atoms with van der Waals surface area (Å²) in [5.41, 5.74) is 4.01. The molecule has 1 unspecified atom stereocenters. The first kappa shape index (κ1) is 10.4. The van der Waals surface area contributed by atoms with Crippen LogP contribution in [-0.2, 0) is 4.84 Å². The summed E-state index contributed by atoms with van der Waals surface area (Å²) < 4.78 is 0. The molecular formula is C13H12N2OS. The van der Waals surface area contributed by atoms with E-state index >= 15 is 0 Å². The Morgan fingerprint density at radius 3 is 2.76 bits per heavy atom. The lowest BCUT2D eigenvalue weighted by atomic mass is 10.2. The molecule has 0 bridgehead atoms. The molecule has 0 spiro atoms. The Morgan fingerprint density at radius 1 is 1.12 bits per heavy atom. The van der Waals surface area contributed by atoms with E-state index in [9.17, 15) is 0 Å². The van der Waals surface area contributed by atoms with Gasteiger partial charge in [0.15, 0.2) is 6.23 Å². The zero-order chi connectivity index (χ0) is 11.5. The van der Waals surface area contributed by atoms with Gasteiger partial charge in [-0.15, -0.1) is 11.3 Å². The molecule has 17 heavy (non-hydrogen) atoms. The maximum Gasteiger partial charge on any atom is 0.181 e. The summed E-state index contributed by atoms with van der Waals surface area (Å²) in [6.45, 7) is 0. The molecule has 3 nitrogen and oxygen atoms in total. The first-order chi connectivity index (χ1) is 8.42. The molecule has 1 aromatic carbocycles. The summed E-state index contributed by atoms with van der Waals surface area (Å²) >= 11 is 1.69. The smallest absolute Gasteiger partial charge is 0.181 e. The molecule has 2 heterocycles. The first-order valence-electron chi connectivity index (χ1n) is 5.40. The van der Waals surface area contributed by atoms with Gasteiger partial charge in [-0.2, -0.15) is 0 Å². The molecule has 0 aliphatic carbocycles. The molecule has 1 aliphatic heterocycles. The predicted molar refractivity (Wildman–Crippen MR) is 68.8 cm³/mol. The fraction of sp³-hybridized carbons (Fsp3) is 0.0769. The summed E-state index contributed by atoms with van der Waals surface area (Å²) in [6.07, 6.45) is 1.91. The highest BCUT2D eigenvalue weighted by molar-refractivity contribution is 7.10. The van der Waals surface area contributed by atoms with Crippen molar-refractivity contribution in [3.05, 3.63) is 64.1 Å². The van der Waals surface area contributed by atoms with Crippen molar-refractivity contribution in [2.45, 2.75) is 6.23 Å². The molecule has 1 fully saturated rings. The Kier molecular flexibility index (Phi) is 2.81. The standard InChI is InChI=1S/C13H12N2OS/c1-2-5-10(6-3-1)13-14-12(15-16-13)9-11-7-4-8-17-11/h1-9,13-15H/b12-9-. The molecule has 86 valence electrons. The summed E-state index contributed by atoms with van der Waals surface area (Å²) in [6, 6.07) is 14.2. The molecule has 3 rings (SSSR count). The van der Waals surface area contributed by atoms with Crippen LogP contribution in [0.3, 0.4) is 0 Å². The third-order valence-corrected chi connectivity index (χ3v) is 3.32. The van der Waals surface area contributed by atoms with Crippen LogP contribution in [0.4, 0.5) is 0 Å². The highest BCUT2D eigenvalue weighted by atomic mass is 32.1. The molecule has 4 heteroatoms. The molecule has 2 aromatic rings. The van der Waals surface area contributed by atoms with Crippen LogP contribution in [0.25, 0.3) is 6.08 Å². The minimum absolute atomic E-state index is 0.123. The average molecular weight is 244 g/mol. The van der Waals surface area contributed by atoms with Gasteiger partial charge in [0.05, 0.1) is 0 Å². The molecule has 1 saturated heterocycles. The van der Waals surface area contributed by atoms with E-state index in [1.54, 1.807) is 11.3 Å². The normalized spacial score (nSPS) is 21.2. The molecular weight excluding hydrogens is 232 g/mol. The van der Waals surface area contributed by atoms with Gasteiger partial charge in [0.25, 0.3) is 0 Å². The molecule has 0 amide bonds. The van der Waals surface area contributed by atoms with Crippen molar-refractivity contribution < 1.29 is 4.84 Å². The van der Waals surface area contributed by atoms with Crippen LogP contribution in [0, 0.1) is 0 Å². The van der Waals surface area contributed by atoms with Crippen LogP contribution in [0.15, 0.2) is 53.7 Å². The van der Waals surface area contributed by atoms with E-state index in [4.69, 9.17) is 4.84 Å². The van der Waals surface area contributed by atoms with Crippen LogP contribution in [0.1, 0.15) is 16.7 Å². The number of hydrogen-bond acceptors (Lipinski definition) is 4. The number of thiophene rings is 1. The summed E-state index contributed by atoms with van der Waals surface area (Å²) in [7, 11) is 0. The van der Waals surface area contributed by atoms with E-state index in [0.29, 0.717) is 0 Å². The number of benzene rings is 1. The fourth-order valence-electron chi connectivity index (χ4n) is 1.69. The number of nitrogens with one attached hydrogen (secondary N) is 2. The topological polar surface area (TPSA) is 33.3 Å². The molecule has 0 radical (unpaired) electrons. The van der Waals surface area contributed by atoms with Gasteiger partial charge in [-0.05, 0) is 17.5 Å². The van der Waals surface area contributed by atoms with Crippen LogP contribution >= 0.6 is 11.3 Å². The van der Waals surface area contributed by atoms with Crippen LogP contribution in [0.2, 0.25) is 0 Å². The van der Waals surface area contributed by atoms with Crippen LogP contribution in [0.5, 0.6) is 0 Å². The predicted octanol–water partition coefficient (Wildman–Crippen LogP) is 2.87. The molecule has 1 atom stereocenters. The van der Waals surface area contributed by atoms with E-state index in [0.717, 1.165) is 11.4 Å². The second-order valence-electron chi connectivity index (χ2n) is 3.73. The van der Waals surface area contributed by atoms with E-state index in [2.05, 4.69) is 22.2 Å². The van der Waals surface area contributed by atoms with Crippen molar-refractivity contribution in [3.8, 4) is 0 Å². The SMILES string of the molecule is C(=C1/NOC(c2ccccc2)N1)/c1cccs1. The van der Waals surface area contributed by atoms with E-state index in [-0.39, 0.29) is 6.23 Å². The van der Waals surface area contributed by atoms with Gasteiger partial charge in [0.2, 0.25) is 0 Å². The number of hydrogen-bond donors (Lipinski definition) is 2. The second kappa shape index (κ2) is 4.61. The fourth-order valence-corrected chi connectivity index (χ4v) is 2.35. The minimum Gasteiger partial charge on any atom is -0.339 e. The quantitative estimate of drug-likeness (QED) is 0.852. The second-order valence-corrected chi connectivity index (χ2v) is 4.71. The number of rotatable bonds is 2. The summed E-state index contributed by atoms with van der Waals surface area (Å²) in [5.74, 6) is 0.890. The summed E-state index contributed by atoms with van der Waals surface area (Å²) in [4.78, 5) is 6.67. The Bertz CT molecular complexity index is 507. The van der Waals surface area contributed by atoms with E-state index in [1.165, 1.54) is 4.88 Å². The highest BCUT2D eigenvalue weighted by Gasteiger charge is 2.19. The van der Waals surface area contributed by atoms with Gasteiger partial charge in [0, 0.05) is 10.4 Å². The lowest BCUT2D eigenvalue weighted by Gasteiger charge is -2.07.